The van der Waals surface area contributed by atoms with Gasteiger partial charge in [-0.2, -0.15) is 5.26 Å². The van der Waals surface area contributed by atoms with Crippen molar-refractivity contribution in [2.45, 2.75) is 24.0 Å². The third kappa shape index (κ3) is 8.79. The number of benzene rings is 4. The van der Waals surface area contributed by atoms with Crippen molar-refractivity contribution >= 4 is 57.6 Å². The summed E-state index contributed by atoms with van der Waals surface area (Å²) in [6.07, 6.45) is 1.55. The number of aryl methyl sites for hydroxylation is 1. The van der Waals surface area contributed by atoms with E-state index < -0.39 is 17.1 Å². The smallest absolute Gasteiger partial charge is 0.272 e. The molecule has 0 radical (unpaired) electrons. The zero-order chi connectivity index (χ0) is 35.6. The molecule has 0 bridgehead atoms. The van der Waals surface area contributed by atoms with E-state index in [1.165, 1.54) is 37.3 Å². The molecule has 5 rings (SSSR count). The highest BCUT2D eigenvalue weighted by Crippen LogP contribution is 2.36. The lowest BCUT2D eigenvalue weighted by molar-refractivity contribution is -0.115. The number of methoxy groups -OCH3 is 2. The summed E-state index contributed by atoms with van der Waals surface area (Å²) in [5, 5.41) is 20.3. The molecule has 0 saturated heterocycles. The maximum Gasteiger partial charge on any atom is 0.272 e. The molecule has 1 heterocycles. The third-order valence-corrected chi connectivity index (χ3v) is 9.51. The number of ether oxygens (including phenoxy) is 2. The number of thiophene rings is 1. The van der Waals surface area contributed by atoms with Gasteiger partial charge >= 0.3 is 0 Å². The van der Waals surface area contributed by atoms with Crippen LogP contribution in [0.3, 0.4) is 0 Å². The fourth-order valence-electron chi connectivity index (χ4n) is 4.87. The highest BCUT2D eigenvalue weighted by atomic mass is 32.2. The van der Waals surface area contributed by atoms with Crippen LogP contribution in [0.1, 0.15) is 34.0 Å². The first-order valence-electron chi connectivity index (χ1n) is 15.5. The topological polar surface area (TPSA) is 130 Å². The van der Waals surface area contributed by atoms with Gasteiger partial charge < -0.3 is 25.4 Å². The number of anilines is 2. The van der Waals surface area contributed by atoms with Gasteiger partial charge in [0.15, 0.2) is 11.5 Å². The first-order valence-corrected chi connectivity index (χ1v) is 17.2. The fraction of sp³-hybridized carbons (Fsp3) is 0.128. The van der Waals surface area contributed by atoms with Crippen LogP contribution >= 0.6 is 23.1 Å². The summed E-state index contributed by atoms with van der Waals surface area (Å²) >= 11 is 2.62. The zero-order valence-electron chi connectivity index (χ0n) is 27.8. The van der Waals surface area contributed by atoms with E-state index in [1.54, 1.807) is 79.7 Å². The lowest BCUT2D eigenvalue weighted by Gasteiger charge is -2.14. The summed E-state index contributed by atoms with van der Waals surface area (Å²) in [5.74, 6) is -0.278. The predicted molar refractivity (Wildman–Crippen MR) is 200 cm³/mol. The average Bonchev–Trinajstić information content (AvgIpc) is 3.54. The van der Waals surface area contributed by atoms with E-state index in [0.717, 1.165) is 21.6 Å². The van der Waals surface area contributed by atoms with E-state index in [4.69, 9.17) is 9.47 Å². The van der Waals surface area contributed by atoms with E-state index in [1.807, 2.05) is 42.6 Å². The lowest BCUT2D eigenvalue weighted by atomic mass is 10.0. The predicted octanol–water partition coefficient (Wildman–Crippen LogP) is 8.14. The second kappa shape index (κ2) is 16.5. The van der Waals surface area contributed by atoms with Crippen LogP contribution in [0.2, 0.25) is 0 Å². The maximum absolute atomic E-state index is 13.6. The largest absolute Gasteiger partial charge is 0.493 e. The van der Waals surface area contributed by atoms with Gasteiger partial charge in [0.25, 0.3) is 11.8 Å². The Morgan fingerprint density at radius 1 is 0.880 bits per heavy atom. The van der Waals surface area contributed by atoms with Gasteiger partial charge in [-0.05, 0) is 73.5 Å². The number of nitriles is 1. The number of rotatable bonds is 12. The Kier molecular flexibility index (Phi) is 11.7. The van der Waals surface area contributed by atoms with Gasteiger partial charge in [0, 0.05) is 27.1 Å². The Balaban J connectivity index is 1.30. The first kappa shape index (κ1) is 35.5. The van der Waals surface area contributed by atoms with Crippen molar-refractivity contribution in [1.82, 2.24) is 5.32 Å². The van der Waals surface area contributed by atoms with E-state index in [-0.39, 0.29) is 11.6 Å². The van der Waals surface area contributed by atoms with Crippen molar-refractivity contribution in [3.63, 3.8) is 0 Å². The second-order valence-corrected chi connectivity index (χ2v) is 13.3. The Morgan fingerprint density at radius 2 is 1.62 bits per heavy atom. The van der Waals surface area contributed by atoms with Crippen molar-refractivity contribution in [3.8, 4) is 28.7 Å². The molecule has 0 saturated carbocycles. The third-order valence-electron chi connectivity index (χ3n) is 7.52. The van der Waals surface area contributed by atoms with Gasteiger partial charge in [-0.1, -0.05) is 60.2 Å². The van der Waals surface area contributed by atoms with Crippen LogP contribution in [0, 0.1) is 18.3 Å². The van der Waals surface area contributed by atoms with E-state index in [9.17, 15) is 19.6 Å². The van der Waals surface area contributed by atoms with Crippen LogP contribution in [0.15, 0.2) is 113 Å². The molecule has 1 unspecified atom stereocenters. The summed E-state index contributed by atoms with van der Waals surface area (Å²) in [6.45, 7) is 3.77. The molecular formula is C39H34N4O5S2. The minimum Gasteiger partial charge on any atom is -0.493 e. The van der Waals surface area contributed by atoms with Gasteiger partial charge in [-0.25, -0.2) is 0 Å². The van der Waals surface area contributed by atoms with Crippen molar-refractivity contribution in [2.24, 2.45) is 0 Å². The molecule has 9 nitrogen and oxygen atoms in total. The Morgan fingerprint density at radius 3 is 2.32 bits per heavy atom. The second-order valence-electron chi connectivity index (χ2n) is 11.1. The number of nitrogens with zero attached hydrogens (tertiary/aromatic N) is 1. The number of amides is 3. The summed E-state index contributed by atoms with van der Waals surface area (Å²) < 4.78 is 10.7. The highest BCUT2D eigenvalue weighted by molar-refractivity contribution is 8.00. The van der Waals surface area contributed by atoms with Crippen molar-refractivity contribution in [3.05, 3.63) is 130 Å². The fourth-order valence-corrected chi connectivity index (χ4v) is 6.72. The molecule has 3 N–H and O–H groups in total. The molecule has 0 fully saturated rings. The van der Waals surface area contributed by atoms with Crippen LogP contribution in [0.5, 0.6) is 11.5 Å². The van der Waals surface area contributed by atoms with Gasteiger partial charge in [-0.3, -0.25) is 14.4 Å². The Hall–Kier alpha value is -5.83. The molecular weight excluding hydrogens is 669 g/mol. The van der Waals surface area contributed by atoms with E-state index in [0.29, 0.717) is 38.9 Å². The van der Waals surface area contributed by atoms with Crippen molar-refractivity contribution < 1.29 is 23.9 Å². The molecule has 252 valence electrons. The summed E-state index contributed by atoms with van der Waals surface area (Å²) in [4.78, 5) is 40.7. The SMILES string of the molecule is COc1ccc(/C=C(/NC(=O)c2ccccc2)C(=O)Nc2cccc(SC(C)C(=O)Nc3scc(-c4ccc(C)cc4)c3C#N)c2)cc1OC. The maximum atomic E-state index is 13.6. The van der Waals surface area contributed by atoms with Crippen LogP contribution in [-0.2, 0) is 9.59 Å². The summed E-state index contributed by atoms with van der Waals surface area (Å²) in [6, 6.07) is 30.9. The summed E-state index contributed by atoms with van der Waals surface area (Å²) in [7, 11) is 3.04. The standard InChI is InChI=1S/C39H34N4O5S2/c1-24-13-16-27(17-14-24)32-23-49-39(31(32)22-40)43-36(44)25(2)50-30-12-8-11-29(21-30)41-38(46)33(42-37(45)28-9-6-5-7-10-28)19-26-15-18-34(47-3)35(20-26)48-4/h5-21,23,25H,1-4H3,(H,41,46)(H,42,45)(H,43,44)/b33-19+. The number of carbonyl (C=O) groups excluding carboxylic acids is 3. The highest BCUT2D eigenvalue weighted by Gasteiger charge is 2.21. The number of hydrogen-bond acceptors (Lipinski definition) is 8. The molecule has 50 heavy (non-hydrogen) atoms. The average molecular weight is 703 g/mol. The Bertz CT molecular complexity index is 2090. The molecule has 0 aliphatic rings. The van der Waals surface area contributed by atoms with E-state index in [2.05, 4.69) is 22.0 Å². The van der Waals surface area contributed by atoms with Crippen LogP contribution < -0.4 is 25.4 Å². The van der Waals surface area contributed by atoms with Crippen LogP contribution in [-0.4, -0.2) is 37.2 Å². The molecule has 4 aromatic carbocycles. The van der Waals surface area contributed by atoms with Crippen LogP contribution in [0.25, 0.3) is 17.2 Å². The van der Waals surface area contributed by atoms with Crippen LogP contribution in [0.4, 0.5) is 10.7 Å². The minimum absolute atomic E-state index is 0.00567. The number of carbonyl (C=O) groups is 3. The molecule has 5 aromatic rings. The monoisotopic (exact) mass is 702 g/mol. The number of nitrogens with one attached hydrogen (secondary N) is 3. The van der Waals surface area contributed by atoms with Gasteiger partial charge in [0.05, 0.1) is 25.0 Å². The molecule has 0 aliphatic carbocycles. The van der Waals surface area contributed by atoms with Gasteiger partial charge in [0.2, 0.25) is 5.91 Å². The molecule has 0 aliphatic heterocycles. The van der Waals surface area contributed by atoms with Crippen molar-refractivity contribution in [2.75, 3.05) is 24.9 Å². The lowest BCUT2D eigenvalue weighted by Crippen LogP contribution is -2.30. The molecule has 0 spiro atoms. The minimum atomic E-state index is -0.553. The van der Waals surface area contributed by atoms with E-state index >= 15 is 0 Å². The first-order chi connectivity index (χ1) is 24.2. The normalized spacial score (nSPS) is 11.5. The quantitative estimate of drug-likeness (QED) is 0.0884. The Labute approximate surface area is 299 Å². The van der Waals surface area contributed by atoms with Crippen molar-refractivity contribution in [1.29, 1.82) is 5.26 Å². The molecule has 1 atom stereocenters. The number of hydrogen-bond donors (Lipinski definition) is 3. The van der Waals surface area contributed by atoms with Gasteiger partial charge in [0.1, 0.15) is 16.8 Å². The molecule has 3 amide bonds. The molecule has 11 heteroatoms. The molecule has 1 aromatic heterocycles. The summed E-state index contributed by atoms with van der Waals surface area (Å²) in [5.41, 5.74) is 4.68. The number of thioether (sulfide) groups is 1. The zero-order valence-corrected chi connectivity index (χ0v) is 29.4. The van der Waals surface area contributed by atoms with Gasteiger partial charge in [-0.15, -0.1) is 23.1 Å².